The molecule has 0 bridgehead atoms. The van der Waals surface area contributed by atoms with Crippen LogP contribution < -0.4 is 10.2 Å². The summed E-state index contributed by atoms with van der Waals surface area (Å²) in [5.41, 5.74) is 5.44. The van der Waals surface area contributed by atoms with Gasteiger partial charge in [-0.15, -0.1) is 11.3 Å². The Balaban J connectivity index is 1.61. The molecule has 2 aromatic carbocycles. The first-order valence-electron chi connectivity index (χ1n) is 8.31. The zero-order valence-electron chi connectivity index (χ0n) is 14.8. The van der Waals surface area contributed by atoms with Crippen molar-refractivity contribution in [3.63, 3.8) is 0 Å². The number of methoxy groups -OCH3 is 1. The number of halogens is 1. The molecule has 0 aliphatic rings. The molecule has 0 aliphatic heterocycles. The van der Waals surface area contributed by atoms with Crippen LogP contribution in [0.4, 0.5) is 5.82 Å². The standard InChI is InChI=1S/C20H15ClN4O2S/c1-27-17-7-6-12(8-16(17)26)10-24-25-20-19-15(22-11-23-20)9-18(28-19)13-4-2-3-5-14(13)21/h2-11,26H,1H3,(H,22,23,25)/b24-10+. The molecule has 2 N–H and O–H groups in total. The molecule has 6 nitrogen and oxygen atoms in total. The van der Waals surface area contributed by atoms with E-state index in [1.54, 1.807) is 35.8 Å². The van der Waals surface area contributed by atoms with Crippen molar-refractivity contribution in [2.24, 2.45) is 5.10 Å². The van der Waals surface area contributed by atoms with E-state index in [9.17, 15) is 5.11 Å². The number of nitrogens with zero attached hydrogens (tertiary/aromatic N) is 3. The van der Waals surface area contributed by atoms with Gasteiger partial charge in [0.1, 0.15) is 6.33 Å². The van der Waals surface area contributed by atoms with Gasteiger partial charge in [0.2, 0.25) is 0 Å². The van der Waals surface area contributed by atoms with Crippen LogP contribution in [-0.4, -0.2) is 28.4 Å². The molecule has 28 heavy (non-hydrogen) atoms. The first-order valence-corrected chi connectivity index (χ1v) is 9.50. The Labute approximate surface area is 170 Å². The summed E-state index contributed by atoms with van der Waals surface area (Å²) in [5, 5.41) is 14.8. The van der Waals surface area contributed by atoms with Gasteiger partial charge < -0.3 is 9.84 Å². The molecule has 8 heteroatoms. The van der Waals surface area contributed by atoms with Gasteiger partial charge in [-0.3, -0.25) is 5.43 Å². The third-order valence-corrected chi connectivity index (χ3v) is 5.53. The lowest BCUT2D eigenvalue weighted by Crippen LogP contribution is -1.94. The molecule has 0 amide bonds. The van der Waals surface area contributed by atoms with Crippen molar-refractivity contribution in [3.05, 3.63) is 65.4 Å². The molecule has 0 fully saturated rings. The van der Waals surface area contributed by atoms with E-state index < -0.39 is 0 Å². The van der Waals surface area contributed by atoms with Crippen molar-refractivity contribution in [1.82, 2.24) is 9.97 Å². The number of aromatic nitrogens is 2. The van der Waals surface area contributed by atoms with Gasteiger partial charge in [0.15, 0.2) is 17.3 Å². The predicted molar refractivity (Wildman–Crippen MR) is 114 cm³/mol. The molecule has 4 aromatic rings. The van der Waals surface area contributed by atoms with Gasteiger partial charge in [0.25, 0.3) is 0 Å². The fraction of sp³-hybridized carbons (Fsp3) is 0.0500. The van der Waals surface area contributed by atoms with Crippen LogP contribution >= 0.6 is 22.9 Å². The number of nitrogens with one attached hydrogen (secondary N) is 1. The van der Waals surface area contributed by atoms with E-state index in [1.165, 1.54) is 13.4 Å². The summed E-state index contributed by atoms with van der Waals surface area (Å²) in [5.74, 6) is 1.06. The number of benzene rings is 2. The summed E-state index contributed by atoms with van der Waals surface area (Å²) in [6.45, 7) is 0. The number of anilines is 1. The Morgan fingerprint density at radius 2 is 2.04 bits per heavy atom. The number of thiophene rings is 1. The Bertz CT molecular complexity index is 1180. The highest BCUT2D eigenvalue weighted by atomic mass is 35.5. The van der Waals surface area contributed by atoms with Crippen LogP contribution in [0.15, 0.2) is 60.0 Å². The Morgan fingerprint density at radius 3 is 2.82 bits per heavy atom. The second kappa shape index (κ2) is 7.84. The largest absolute Gasteiger partial charge is 0.504 e. The molecule has 0 spiro atoms. The minimum Gasteiger partial charge on any atom is -0.504 e. The second-order valence-corrected chi connectivity index (χ2v) is 7.29. The molecule has 2 aromatic heterocycles. The number of hydrogen-bond acceptors (Lipinski definition) is 7. The van der Waals surface area contributed by atoms with E-state index in [-0.39, 0.29) is 5.75 Å². The van der Waals surface area contributed by atoms with Crippen molar-refractivity contribution in [2.75, 3.05) is 12.5 Å². The highest BCUT2D eigenvalue weighted by molar-refractivity contribution is 7.22. The first-order chi connectivity index (χ1) is 13.7. The van der Waals surface area contributed by atoms with E-state index in [1.807, 2.05) is 30.3 Å². The number of phenols is 1. The number of rotatable bonds is 5. The van der Waals surface area contributed by atoms with Crippen molar-refractivity contribution in [2.45, 2.75) is 0 Å². The normalized spacial score (nSPS) is 11.2. The number of phenolic OH excluding ortho intramolecular Hbond substituents is 1. The minimum atomic E-state index is 0.0542. The van der Waals surface area contributed by atoms with Gasteiger partial charge in [0.05, 0.1) is 23.5 Å². The molecule has 2 heterocycles. The van der Waals surface area contributed by atoms with Gasteiger partial charge in [-0.05, 0) is 35.9 Å². The summed E-state index contributed by atoms with van der Waals surface area (Å²) in [4.78, 5) is 9.62. The van der Waals surface area contributed by atoms with Gasteiger partial charge in [0, 0.05) is 15.5 Å². The number of aromatic hydroxyl groups is 1. The molecule has 0 saturated heterocycles. The minimum absolute atomic E-state index is 0.0542. The fourth-order valence-electron chi connectivity index (χ4n) is 2.68. The maximum atomic E-state index is 9.85. The lowest BCUT2D eigenvalue weighted by atomic mass is 10.2. The maximum absolute atomic E-state index is 9.85. The van der Waals surface area contributed by atoms with Crippen LogP contribution in [-0.2, 0) is 0 Å². The molecular formula is C20H15ClN4O2S. The highest BCUT2D eigenvalue weighted by Gasteiger charge is 2.11. The summed E-state index contributed by atoms with van der Waals surface area (Å²) < 4.78 is 5.92. The van der Waals surface area contributed by atoms with Crippen molar-refractivity contribution < 1.29 is 9.84 Å². The zero-order chi connectivity index (χ0) is 19.5. The van der Waals surface area contributed by atoms with Gasteiger partial charge in [-0.1, -0.05) is 29.8 Å². The lowest BCUT2D eigenvalue weighted by Gasteiger charge is -2.03. The zero-order valence-corrected chi connectivity index (χ0v) is 16.3. The number of hydrazone groups is 1. The number of ether oxygens (including phenoxy) is 1. The van der Waals surface area contributed by atoms with E-state index in [0.29, 0.717) is 16.6 Å². The van der Waals surface area contributed by atoms with Gasteiger partial charge >= 0.3 is 0 Å². The number of hydrogen-bond donors (Lipinski definition) is 2. The third kappa shape index (κ3) is 3.62. The summed E-state index contributed by atoms with van der Waals surface area (Å²) in [6.07, 6.45) is 3.08. The van der Waals surface area contributed by atoms with E-state index in [4.69, 9.17) is 16.3 Å². The van der Waals surface area contributed by atoms with Crippen LogP contribution in [0.5, 0.6) is 11.5 Å². The molecule has 0 aliphatic carbocycles. The summed E-state index contributed by atoms with van der Waals surface area (Å²) in [6, 6.07) is 14.7. The molecule has 0 saturated carbocycles. The van der Waals surface area contributed by atoms with E-state index in [2.05, 4.69) is 20.5 Å². The van der Waals surface area contributed by atoms with E-state index >= 15 is 0 Å². The smallest absolute Gasteiger partial charge is 0.167 e. The van der Waals surface area contributed by atoms with Gasteiger partial charge in [-0.2, -0.15) is 5.10 Å². The molecule has 140 valence electrons. The lowest BCUT2D eigenvalue weighted by molar-refractivity contribution is 0.373. The van der Waals surface area contributed by atoms with Crippen molar-refractivity contribution in [1.29, 1.82) is 0 Å². The molecule has 0 unspecified atom stereocenters. The predicted octanol–water partition coefficient (Wildman–Crippen LogP) is 5.17. The Kier molecular flexibility index (Phi) is 5.10. The molecule has 4 rings (SSSR count). The summed E-state index contributed by atoms with van der Waals surface area (Å²) >= 11 is 7.86. The average Bonchev–Trinajstić information content (AvgIpc) is 3.13. The van der Waals surface area contributed by atoms with Crippen LogP contribution in [0, 0.1) is 0 Å². The Hall–Kier alpha value is -3.16. The second-order valence-electron chi connectivity index (χ2n) is 5.83. The quantitative estimate of drug-likeness (QED) is 0.350. The highest BCUT2D eigenvalue weighted by Crippen LogP contribution is 2.38. The monoisotopic (exact) mass is 410 g/mol. The Morgan fingerprint density at radius 1 is 1.18 bits per heavy atom. The number of fused-ring (bicyclic) bond motifs is 1. The van der Waals surface area contributed by atoms with Crippen LogP contribution in [0.1, 0.15) is 5.56 Å². The maximum Gasteiger partial charge on any atom is 0.167 e. The van der Waals surface area contributed by atoms with E-state index in [0.717, 1.165) is 26.2 Å². The van der Waals surface area contributed by atoms with Crippen LogP contribution in [0.2, 0.25) is 5.02 Å². The SMILES string of the molecule is COc1ccc(/C=N/Nc2ncnc3cc(-c4ccccc4Cl)sc23)cc1O. The van der Waals surface area contributed by atoms with Gasteiger partial charge in [-0.25, -0.2) is 9.97 Å². The van der Waals surface area contributed by atoms with Crippen LogP contribution in [0.3, 0.4) is 0 Å². The third-order valence-electron chi connectivity index (χ3n) is 4.04. The van der Waals surface area contributed by atoms with Crippen molar-refractivity contribution in [3.8, 4) is 21.9 Å². The fourth-order valence-corrected chi connectivity index (χ4v) is 4.07. The molecular weight excluding hydrogens is 396 g/mol. The molecule has 0 radical (unpaired) electrons. The topological polar surface area (TPSA) is 79.6 Å². The molecule has 0 atom stereocenters. The van der Waals surface area contributed by atoms with Crippen LogP contribution in [0.25, 0.3) is 20.7 Å². The summed E-state index contributed by atoms with van der Waals surface area (Å²) in [7, 11) is 1.50. The average molecular weight is 411 g/mol. The van der Waals surface area contributed by atoms with Crippen molar-refractivity contribution >= 4 is 45.2 Å². The first kappa shape index (κ1) is 18.2.